The molecule has 2 aliphatic heterocycles. The van der Waals surface area contributed by atoms with Crippen molar-refractivity contribution in [2.24, 2.45) is 0 Å². The number of aromatic nitrogens is 2. The van der Waals surface area contributed by atoms with Crippen molar-refractivity contribution >= 4 is 28.2 Å². The zero-order valence-electron chi connectivity index (χ0n) is 18.4. The third-order valence-electron chi connectivity index (χ3n) is 6.19. The van der Waals surface area contributed by atoms with Crippen LogP contribution in [0.1, 0.15) is 36.0 Å². The Morgan fingerprint density at radius 2 is 1.97 bits per heavy atom. The first-order valence-corrected chi connectivity index (χ1v) is 11.8. The summed E-state index contributed by atoms with van der Waals surface area (Å²) in [5.74, 6) is 0.404. The van der Waals surface area contributed by atoms with Crippen LogP contribution in [-0.2, 0) is 6.42 Å². The summed E-state index contributed by atoms with van der Waals surface area (Å²) in [5.41, 5.74) is 3.60. The van der Waals surface area contributed by atoms with Gasteiger partial charge in [0.1, 0.15) is 10.7 Å². The lowest BCUT2D eigenvalue weighted by atomic mass is 10.0. The van der Waals surface area contributed by atoms with Crippen LogP contribution in [0.2, 0.25) is 0 Å². The first-order valence-electron chi connectivity index (χ1n) is 11.0. The van der Waals surface area contributed by atoms with Crippen LogP contribution in [0.4, 0.5) is 5.00 Å². The van der Waals surface area contributed by atoms with Crippen LogP contribution in [0.3, 0.4) is 0 Å². The van der Waals surface area contributed by atoms with Crippen molar-refractivity contribution in [3.63, 3.8) is 0 Å². The Balaban J connectivity index is 1.58. The second-order valence-corrected chi connectivity index (χ2v) is 9.76. The molecule has 0 saturated carbocycles. The van der Waals surface area contributed by atoms with E-state index in [9.17, 15) is 0 Å². The monoisotopic (exact) mass is 431 g/mol. The van der Waals surface area contributed by atoms with E-state index in [4.69, 9.17) is 9.97 Å². The molecule has 5 nitrogen and oxygen atoms in total. The minimum atomic E-state index is 0.404. The summed E-state index contributed by atoms with van der Waals surface area (Å²) in [6.45, 7) is 7.38. The number of nitrogens with one attached hydrogen (secondary N) is 1. The molecule has 1 unspecified atom stereocenters. The first-order chi connectivity index (χ1) is 15.1. The number of hydrogen-bond acceptors (Lipinski definition) is 6. The van der Waals surface area contributed by atoms with E-state index in [-0.39, 0.29) is 0 Å². The predicted octanol–water partition coefficient (Wildman–Crippen LogP) is 2.84. The normalized spacial score (nSPS) is 18.8. The van der Waals surface area contributed by atoms with Gasteiger partial charge in [-0.15, -0.1) is 11.3 Å². The molecule has 0 bridgehead atoms. The highest BCUT2D eigenvalue weighted by Gasteiger charge is 2.30. The van der Waals surface area contributed by atoms with Crippen LogP contribution in [-0.4, -0.2) is 52.5 Å². The minimum absolute atomic E-state index is 0.404. The zero-order chi connectivity index (χ0) is 21.4. The van der Waals surface area contributed by atoms with Gasteiger partial charge in [0.25, 0.3) is 0 Å². The molecule has 6 heteroatoms. The zero-order valence-corrected chi connectivity index (χ0v) is 19.2. The summed E-state index contributed by atoms with van der Waals surface area (Å²) >= 11 is 1.76. The fraction of sp³-hybridized carbons (Fsp3) is 0.360. The number of rotatable bonds is 4. The number of thiazole rings is 1. The largest absolute Gasteiger partial charge is 0.365 e. The number of fused-ring (bicyclic) bond motifs is 2. The first kappa shape index (κ1) is 20.2. The maximum Gasteiger partial charge on any atom is 0.124 e. The highest BCUT2D eigenvalue weighted by molar-refractivity contribution is 7.16. The van der Waals surface area contributed by atoms with Gasteiger partial charge in [-0.3, -0.25) is 9.88 Å². The van der Waals surface area contributed by atoms with E-state index in [1.54, 1.807) is 11.3 Å². The molecule has 0 aliphatic carbocycles. The summed E-state index contributed by atoms with van der Waals surface area (Å²) in [7, 11) is 2.25. The lowest BCUT2D eigenvalue weighted by molar-refractivity contribution is 0.133. The Morgan fingerprint density at radius 3 is 2.77 bits per heavy atom. The van der Waals surface area contributed by atoms with Crippen LogP contribution >= 0.6 is 11.3 Å². The van der Waals surface area contributed by atoms with E-state index in [1.807, 2.05) is 12.3 Å². The number of likely N-dealkylation sites (N-methyl/N-ethyl adjacent to an activating group) is 1. The summed E-state index contributed by atoms with van der Waals surface area (Å²) in [6.07, 6.45) is 5.01. The molecular weight excluding hydrogens is 402 g/mol. The average molecular weight is 432 g/mol. The third kappa shape index (κ3) is 3.98. The SMILES string of the molecule is CC(C)c1nc2c(s1)NC=c1cccnc1=C2N1CCN(C)C(Cc2ccccc2)C1. The molecule has 0 radical (unpaired) electrons. The molecule has 3 aromatic rings. The van der Waals surface area contributed by atoms with E-state index in [2.05, 4.69) is 78.6 Å². The second-order valence-electron chi connectivity index (χ2n) is 8.73. The molecule has 2 aliphatic rings. The average Bonchev–Trinajstić information content (AvgIpc) is 3.14. The van der Waals surface area contributed by atoms with Crippen LogP contribution in [0, 0.1) is 0 Å². The van der Waals surface area contributed by atoms with E-state index in [1.165, 1.54) is 11.3 Å². The van der Waals surface area contributed by atoms with Crippen molar-refractivity contribution in [1.82, 2.24) is 19.8 Å². The van der Waals surface area contributed by atoms with Crippen molar-refractivity contribution in [1.29, 1.82) is 0 Å². The number of benzene rings is 1. The van der Waals surface area contributed by atoms with Crippen molar-refractivity contribution in [3.05, 3.63) is 75.5 Å². The summed E-state index contributed by atoms with van der Waals surface area (Å²) in [4.78, 5) is 14.9. The Morgan fingerprint density at radius 1 is 1.13 bits per heavy atom. The molecule has 1 fully saturated rings. The number of piperazine rings is 1. The van der Waals surface area contributed by atoms with E-state index >= 15 is 0 Å². The Kier molecular flexibility index (Phi) is 5.50. The molecule has 0 spiro atoms. The molecular formula is C25H29N5S. The quantitative estimate of drug-likeness (QED) is 0.688. The minimum Gasteiger partial charge on any atom is -0.365 e. The van der Waals surface area contributed by atoms with E-state index < -0.39 is 0 Å². The van der Waals surface area contributed by atoms with Crippen molar-refractivity contribution in [3.8, 4) is 0 Å². The molecule has 1 atom stereocenters. The fourth-order valence-electron chi connectivity index (χ4n) is 4.38. The molecule has 31 heavy (non-hydrogen) atoms. The molecule has 0 amide bonds. The molecule has 1 N–H and O–H groups in total. The van der Waals surface area contributed by atoms with Crippen molar-refractivity contribution in [2.75, 3.05) is 32.0 Å². The predicted molar refractivity (Wildman–Crippen MR) is 128 cm³/mol. The van der Waals surface area contributed by atoms with Crippen LogP contribution in [0.25, 0.3) is 11.9 Å². The Hall–Kier alpha value is -2.70. The van der Waals surface area contributed by atoms with Crippen molar-refractivity contribution in [2.45, 2.75) is 32.2 Å². The number of nitrogens with zero attached hydrogens (tertiary/aromatic N) is 4. The second kappa shape index (κ2) is 8.44. The molecule has 2 aromatic heterocycles. The van der Waals surface area contributed by atoms with Gasteiger partial charge in [0.2, 0.25) is 0 Å². The lowest BCUT2D eigenvalue weighted by Gasteiger charge is -2.41. The molecule has 160 valence electrons. The standard InChI is InChI=1S/C25H29N5S/c1-17(2)24-28-22-23(21-19(10-7-11-26-21)15-27-25(22)31-24)30-13-12-29(3)20(16-30)14-18-8-5-4-6-9-18/h4-11,15,17,20,27H,12-14,16H2,1-3H3. The van der Waals surface area contributed by atoms with Gasteiger partial charge in [-0.05, 0) is 31.2 Å². The Bertz CT molecular complexity index is 1180. The topological polar surface area (TPSA) is 44.3 Å². The van der Waals surface area contributed by atoms with Gasteiger partial charge in [0, 0.05) is 49.2 Å². The van der Waals surface area contributed by atoms with Gasteiger partial charge in [0.15, 0.2) is 0 Å². The summed E-state index contributed by atoms with van der Waals surface area (Å²) in [6, 6.07) is 15.4. The highest BCUT2D eigenvalue weighted by atomic mass is 32.1. The molecule has 5 rings (SSSR count). The van der Waals surface area contributed by atoms with Crippen LogP contribution < -0.4 is 15.9 Å². The van der Waals surface area contributed by atoms with Gasteiger partial charge in [-0.1, -0.05) is 44.2 Å². The van der Waals surface area contributed by atoms with Crippen molar-refractivity contribution < 1.29 is 0 Å². The lowest BCUT2D eigenvalue weighted by Crippen LogP contribution is -2.53. The number of hydrogen-bond donors (Lipinski definition) is 1. The summed E-state index contributed by atoms with van der Waals surface area (Å²) < 4.78 is 0. The maximum atomic E-state index is 5.10. The van der Waals surface area contributed by atoms with Gasteiger partial charge >= 0.3 is 0 Å². The highest BCUT2D eigenvalue weighted by Crippen LogP contribution is 2.35. The van der Waals surface area contributed by atoms with Gasteiger partial charge in [-0.2, -0.15) is 0 Å². The Labute approximate surface area is 187 Å². The molecule has 1 aromatic carbocycles. The van der Waals surface area contributed by atoms with Crippen LogP contribution in [0.15, 0.2) is 48.7 Å². The van der Waals surface area contributed by atoms with Crippen LogP contribution in [0.5, 0.6) is 0 Å². The molecule has 1 saturated heterocycles. The molecule has 4 heterocycles. The number of anilines is 1. The maximum absolute atomic E-state index is 5.10. The van der Waals surface area contributed by atoms with Gasteiger partial charge < -0.3 is 10.2 Å². The van der Waals surface area contributed by atoms with Gasteiger partial charge in [-0.25, -0.2) is 4.98 Å². The third-order valence-corrected chi connectivity index (χ3v) is 7.48. The smallest absolute Gasteiger partial charge is 0.124 e. The van der Waals surface area contributed by atoms with Gasteiger partial charge in [0.05, 0.1) is 16.1 Å². The fourth-order valence-corrected chi connectivity index (χ4v) is 5.32. The number of pyridine rings is 1. The van der Waals surface area contributed by atoms with E-state index in [0.717, 1.165) is 52.3 Å². The summed E-state index contributed by atoms with van der Waals surface area (Å²) in [5, 5.41) is 7.95. The van der Waals surface area contributed by atoms with E-state index in [0.29, 0.717) is 12.0 Å².